The van der Waals surface area contributed by atoms with E-state index in [1.165, 1.54) is 24.3 Å². The highest BCUT2D eigenvalue weighted by Gasteiger charge is 2.32. The third-order valence-electron chi connectivity index (χ3n) is 9.36. The maximum atomic E-state index is 14.1. The number of ether oxygens (including phenoxy) is 2. The molecule has 1 aliphatic heterocycles. The molecule has 256 valence electrons. The number of hydrogen-bond acceptors (Lipinski definition) is 5. The van der Waals surface area contributed by atoms with Crippen LogP contribution < -0.4 is 15.0 Å². The number of nitrogens with one attached hydrogen (secondary N) is 1. The molecule has 1 N–H and O–H groups in total. The van der Waals surface area contributed by atoms with Crippen molar-refractivity contribution in [3.8, 4) is 5.75 Å². The van der Waals surface area contributed by atoms with Gasteiger partial charge in [0.25, 0.3) is 5.91 Å². The molecule has 0 aromatic heterocycles. The van der Waals surface area contributed by atoms with Crippen LogP contribution in [0, 0.1) is 11.7 Å². The zero-order valence-electron chi connectivity index (χ0n) is 27.9. The van der Waals surface area contributed by atoms with Gasteiger partial charge >= 0.3 is 6.03 Å². The molecule has 0 spiro atoms. The Kier molecular flexibility index (Phi) is 11.9. The summed E-state index contributed by atoms with van der Waals surface area (Å²) in [6, 6.07) is 32.8. The number of anilines is 2. The van der Waals surface area contributed by atoms with Crippen LogP contribution in [0.3, 0.4) is 0 Å². The van der Waals surface area contributed by atoms with Crippen molar-refractivity contribution in [2.45, 2.75) is 38.3 Å². The van der Waals surface area contributed by atoms with E-state index in [2.05, 4.69) is 10.2 Å². The van der Waals surface area contributed by atoms with Crippen molar-refractivity contribution >= 4 is 23.3 Å². The van der Waals surface area contributed by atoms with E-state index in [0.717, 1.165) is 75.5 Å². The van der Waals surface area contributed by atoms with Gasteiger partial charge in [0.15, 0.2) is 0 Å². The molecule has 2 aliphatic rings. The highest BCUT2D eigenvalue weighted by Crippen LogP contribution is 2.33. The summed E-state index contributed by atoms with van der Waals surface area (Å²) in [5.74, 6) is 0.240. The summed E-state index contributed by atoms with van der Waals surface area (Å²) in [4.78, 5) is 34.0. The largest absolute Gasteiger partial charge is 0.492 e. The van der Waals surface area contributed by atoms with Gasteiger partial charge in [-0.1, -0.05) is 61.0 Å². The monoisotopic (exact) mass is 664 g/mol. The van der Waals surface area contributed by atoms with Crippen molar-refractivity contribution in [1.82, 2.24) is 9.80 Å². The molecular weight excluding hydrogens is 619 g/mol. The molecule has 1 saturated heterocycles. The lowest BCUT2D eigenvalue weighted by molar-refractivity contribution is 0.0322. The van der Waals surface area contributed by atoms with E-state index < -0.39 is 0 Å². The van der Waals surface area contributed by atoms with E-state index >= 15 is 0 Å². The average molecular weight is 665 g/mol. The van der Waals surface area contributed by atoms with E-state index in [1.807, 2.05) is 89.8 Å². The number of urea groups is 1. The first-order valence-electron chi connectivity index (χ1n) is 17.3. The lowest BCUT2D eigenvalue weighted by Gasteiger charge is -2.39. The molecule has 9 heteroatoms. The summed E-state index contributed by atoms with van der Waals surface area (Å²) in [6.07, 6.45) is 3.49. The number of carbonyl (C=O) groups excluding carboxylic acids is 2. The van der Waals surface area contributed by atoms with Crippen LogP contribution in [0.25, 0.3) is 0 Å². The second-order valence-corrected chi connectivity index (χ2v) is 12.8. The van der Waals surface area contributed by atoms with Crippen LogP contribution in [0.1, 0.15) is 41.6 Å². The smallest absolute Gasteiger partial charge is 0.322 e. The molecule has 8 nitrogen and oxygen atoms in total. The molecule has 0 bridgehead atoms. The van der Waals surface area contributed by atoms with Gasteiger partial charge in [0.2, 0.25) is 0 Å². The van der Waals surface area contributed by atoms with Crippen LogP contribution in [0.15, 0.2) is 109 Å². The fourth-order valence-electron chi connectivity index (χ4n) is 6.75. The first kappa shape index (κ1) is 34.1. The number of rotatable bonds is 12. The van der Waals surface area contributed by atoms with Crippen molar-refractivity contribution in [2.24, 2.45) is 5.92 Å². The number of halogens is 1. The summed E-state index contributed by atoms with van der Waals surface area (Å²) in [5, 5.41) is 3.10. The number of carbonyl (C=O) groups is 2. The van der Waals surface area contributed by atoms with E-state index in [0.29, 0.717) is 31.0 Å². The number of benzene rings is 4. The fraction of sp³-hybridized carbons (Fsp3) is 0.350. The lowest BCUT2D eigenvalue weighted by atomic mass is 9.84. The lowest BCUT2D eigenvalue weighted by Crippen LogP contribution is -2.46. The predicted octanol–water partition coefficient (Wildman–Crippen LogP) is 7.48. The highest BCUT2D eigenvalue weighted by molar-refractivity contribution is 6.06. The standard InChI is InChI=1S/C40H45FN4O4/c41-34-19-17-33(18-20-34)39(46)44(37-15-8-16-38(28-37)49-26-23-43-21-24-48-25-22-43)30-32-11-7-14-36(27-32)45(29-31-9-3-1-4-10-31)40(47)42-35-12-5-2-6-13-35/h1-6,8-10,12-13,15-20,28,32,36H,7,11,14,21-27,29-30H2,(H,42,47). The van der Waals surface area contributed by atoms with Crippen LogP contribution >= 0.6 is 0 Å². The van der Waals surface area contributed by atoms with Crippen molar-refractivity contribution < 1.29 is 23.5 Å². The van der Waals surface area contributed by atoms with Crippen molar-refractivity contribution in [1.29, 1.82) is 0 Å². The maximum absolute atomic E-state index is 14.1. The van der Waals surface area contributed by atoms with Crippen LogP contribution in [-0.2, 0) is 11.3 Å². The number of morpholine rings is 1. The molecule has 49 heavy (non-hydrogen) atoms. The van der Waals surface area contributed by atoms with Gasteiger partial charge < -0.3 is 24.6 Å². The van der Waals surface area contributed by atoms with Crippen LogP contribution in [0.2, 0.25) is 0 Å². The first-order valence-corrected chi connectivity index (χ1v) is 17.3. The van der Waals surface area contributed by atoms with E-state index in [9.17, 15) is 14.0 Å². The Hall–Kier alpha value is -4.73. The minimum Gasteiger partial charge on any atom is -0.492 e. The zero-order valence-corrected chi connectivity index (χ0v) is 27.9. The Bertz CT molecular complexity index is 1630. The molecule has 1 saturated carbocycles. The highest BCUT2D eigenvalue weighted by atomic mass is 19.1. The molecule has 1 aliphatic carbocycles. The summed E-state index contributed by atoms with van der Waals surface area (Å²) in [7, 11) is 0. The maximum Gasteiger partial charge on any atom is 0.322 e. The van der Waals surface area contributed by atoms with Gasteiger partial charge in [-0.15, -0.1) is 0 Å². The van der Waals surface area contributed by atoms with Crippen molar-refractivity contribution in [2.75, 3.05) is 56.2 Å². The number of amides is 3. The quantitative estimate of drug-likeness (QED) is 0.170. The minimum absolute atomic E-state index is 0.0136. The third kappa shape index (κ3) is 9.68. The molecule has 4 aromatic rings. The van der Waals surface area contributed by atoms with Gasteiger partial charge in [-0.3, -0.25) is 9.69 Å². The summed E-state index contributed by atoms with van der Waals surface area (Å²) in [5.41, 5.74) is 2.95. The molecule has 6 rings (SSSR count). The van der Waals surface area contributed by atoms with Gasteiger partial charge in [-0.2, -0.15) is 0 Å². The van der Waals surface area contributed by atoms with Gasteiger partial charge in [0, 0.05) is 61.8 Å². The Labute approximate surface area is 288 Å². The Morgan fingerprint density at radius 3 is 2.37 bits per heavy atom. The average Bonchev–Trinajstić information content (AvgIpc) is 3.14. The first-order chi connectivity index (χ1) is 24.0. The SMILES string of the molecule is O=C(c1ccc(F)cc1)N(CC1CCCC(N(Cc2ccccc2)C(=O)Nc2ccccc2)C1)c1cccc(OCCN2CCOCC2)c1. The van der Waals surface area contributed by atoms with Gasteiger partial charge in [0.05, 0.1) is 13.2 Å². The second kappa shape index (κ2) is 17.1. The molecule has 0 radical (unpaired) electrons. The minimum atomic E-state index is -0.388. The molecule has 4 aromatic carbocycles. The molecule has 1 heterocycles. The number of hydrogen-bond donors (Lipinski definition) is 1. The Morgan fingerprint density at radius 2 is 1.61 bits per heavy atom. The second-order valence-electron chi connectivity index (χ2n) is 12.8. The zero-order chi connectivity index (χ0) is 33.8. The molecule has 3 amide bonds. The Morgan fingerprint density at radius 1 is 0.878 bits per heavy atom. The molecule has 2 atom stereocenters. The molecular formula is C40H45FN4O4. The number of nitrogens with zero attached hydrogens (tertiary/aromatic N) is 3. The summed E-state index contributed by atoms with van der Waals surface area (Å²) in [6.45, 7) is 5.53. The molecule has 2 fully saturated rings. The van der Waals surface area contributed by atoms with Crippen LogP contribution in [-0.4, -0.2) is 73.8 Å². The normalized spacial score (nSPS) is 18.0. The van der Waals surface area contributed by atoms with E-state index in [1.54, 1.807) is 4.90 Å². The topological polar surface area (TPSA) is 74.4 Å². The number of para-hydroxylation sites is 1. The molecule has 2 unspecified atom stereocenters. The van der Waals surface area contributed by atoms with E-state index in [4.69, 9.17) is 9.47 Å². The van der Waals surface area contributed by atoms with Gasteiger partial charge in [0.1, 0.15) is 18.2 Å². The predicted molar refractivity (Wildman–Crippen MR) is 190 cm³/mol. The van der Waals surface area contributed by atoms with Crippen LogP contribution in [0.5, 0.6) is 5.75 Å². The van der Waals surface area contributed by atoms with Crippen LogP contribution in [0.4, 0.5) is 20.6 Å². The fourth-order valence-corrected chi connectivity index (χ4v) is 6.75. The third-order valence-corrected chi connectivity index (χ3v) is 9.36. The van der Waals surface area contributed by atoms with E-state index in [-0.39, 0.29) is 29.7 Å². The van der Waals surface area contributed by atoms with Crippen molar-refractivity contribution in [3.05, 3.63) is 126 Å². The van der Waals surface area contributed by atoms with Gasteiger partial charge in [-0.25, -0.2) is 9.18 Å². The summed E-state index contributed by atoms with van der Waals surface area (Å²) >= 11 is 0. The summed E-state index contributed by atoms with van der Waals surface area (Å²) < 4.78 is 25.4. The Balaban J connectivity index is 1.20. The van der Waals surface area contributed by atoms with Gasteiger partial charge in [-0.05, 0) is 79.3 Å². The van der Waals surface area contributed by atoms with Crippen molar-refractivity contribution in [3.63, 3.8) is 0 Å².